The summed E-state index contributed by atoms with van der Waals surface area (Å²) in [5.74, 6) is -0.0930. The molecule has 14 heavy (non-hydrogen) atoms. The molecule has 3 nitrogen and oxygen atoms in total. The van der Waals surface area contributed by atoms with Gasteiger partial charge in [-0.05, 0) is 19.9 Å². The summed E-state index contributed by atoms with van der Waals surface area (Å²) in [5.41, 5.74) is 0. The Morgan fingerprint density at radius 3 is 2.93 bits per heavy atom. The van der Waals surface area contributed by atoms with Crippen molar-refractivity contribution in [2.45, 2.75) is 25.8 Å². The molecule has 0 aromatic heterocycles. The van der Waals surface area contributed by atoms with E-state index in [1.54, 1.807) is 13.0 Å². The van der Waals surface area contributed by atoms with Crippen LogP contribution in [0.4, 0.5) is 0 Å². The average molecular weight is 213 g/mol. The van der Waals surface area contributed by atoms with Crippen LogP contribution in [0.2, 0.25) is 0 Å². The molecule has 4 heteroatoms. The van der Waals surface area contributed by atoms with Crippen molar-refractivity contribution in [3.05, 3.63) is 11.0 Å². The lowest BCUT2D eigenvalue weighted by atomic mass is 10.1. The van der Waals surface area contributed by atoms with E-state index < -0.39 is 0 Å². The zero-order chi connectivity index (χ0) is 10.6. The molecule has 0 saturated carbocycles. The fourth-order valence-corrected chi connectivity index (χ4v) is 1.66. The first-order valence-corrected chi connectivity index (χ1v) is 5.31. The van der Waals surface area contributed by atoms with E-state index in [1.165, 1.54) is 4.58 Å². The Hall–Kier alpha value is -0.610. The van der Waals surface area contributed by atoms with Gasteiger partial charge in [-0.1, -0.05) is 6.08 Å². The first-order valence-electron chi connectivity index (χ1n) is 4.87. The number of carbonyl (C=O) groups is 1. The third kappa shape index (κ3) is 2.69. The lowest BCUT2D eigenvalue weighted by Crippen LogP contribution is -2.43. The fraction of sp³-hybridized carbons (Fsp3) is 0.600. The number of allylic oxidation sites excluding steroid dienone is 1. The summed E-state index contributed by atoms with van der Waals surface area (Å²) in [7, 11) is 0. The van der Waals surface area contributed by atoms with Gasteiger partial charge in [0.25, 0.3) is 0 Å². The average Bonchev–Trinajstić information content (AvgIpc) is 2.27. The number of amides is 1. The molecule has 1 heterocycles. The number of carbonyl (C=O) groups excluding carboxylic acids is 1. The number of hydrogen-bond acceptors (Lipinski definition) is 3. The summed E-state index contributed by atoms with van der Waals surface area (Å²) in [5, 5.41) is 3.25. The van der Waals surface area contributed by atoms with Gasteiger partial charge in [0, 0.05) is 6.42 Å². The summed E-state index contributed by atoms with van der Waals surface area (Å²) in [4.78, 5) is 12.1. The van der Waals surface area contributed by atoms with Crippen molar-refractivity contribution in [2.75, 3.05) is 13.1 Å². The maximum absolute atomic E-state index is 11.7. The van der Waals surface area contributed by atoms with Gasteiger partial charge in [0.1, 0.15) is 11.6 Å². The highest BCUT2D eigenvalue weighted by Gasteiger charge is 2.28. The number of rotatable bonds is 2. The van der Waals surface area contributed by atoms with E-state index in [4.69, 9.17) is 0 Å². The molecular formula is C10H17N2OS+. The molecule has 1 aliphatic rings. The van der Waals surface area contributed by atoms with Crippen LogP contribution in [0, 0.1) is 0 Å². The monoisotopic (exact) mass is 213 g/mol. The molecule has 0 bridgehead atoms. The fourth-order valence-electron chi connectivity index (χ4n) is 1.54. The quantitative estimate of drug-likeness (QED) is 0.308. The molecule has 1 fully saturated rings. The third-order valence-corrected chi connectivity index (χ3v) is 2.91. The summed E-state index contributed by atoms with van der Waals surface area (Å²) < 4.78 is 1.54. The lowest BCUT2D eigenvalue weighted by Gasteiger charge is -2.19. The predicted octanol–water partition coefficient (Wildman–Crippen LogP) is 0.812. The van der Waals surface area contributed by atoms with E-state index in [0.717, 1.165) is 25.9 Å². The Morgan fingerprint density at radius 1 is 1.71 bits per heavy atom. The Morgan fingerprint density at radius 2 is 2.43 bits per heavy atom. The van der Waals surface area contributed by atoms with Gasteiger partial charge in [0.05, 0.1) is 6.54 Å². The van der Waals surface area contributed by atoms with Gasteiger partial charge in [0.2, 0.25) is 0 Å². The number of nitrogens with zero attached hydrogens (tertiary/aromatic N) is 1. The van der Waals surface area contributed by atoms with Crippen molar-refractivity contribution in [1.82, 2.24) is 5.32 Å². The molecule has 0 aromatic rings. The van der Waals surface area contributed by atoms with Crippen molar-refractivity contribution in [2.24, 2.45) is 0 Å². The topological polar surface area (TPSA) is 32.1 Å². The van der Waals surface area contributed by atoms with Gasteiger partial charge in [-0.2, -0.15) is 4.58 Å². The van der Waals surface area contributed by atoms with Crippen molar-refractivity contribution in [3.63, 3.8) is 0 Å². The van der Waals surface area contributed by atoms with Gasteiger partial charge in [-0.25, -0.2) is 4.79 Å². The van der Waals surface area contributed by atoms with Crippen LogP contribution < -0.4 is 5.32 Å². The molecule has 78 valence electrons. The van der Waals surface area contributed by atoms with Gasteiger partial charge >= 0.3 is 5.91 Å². The Balaban J connectivity index is 2.59. The van der Waals surface area contributed by atoms with Crippen molar-refractivity contribution >= 4 is 25.3 Å². The van der Waals surface area contributed by atoms with Crippen LogP contribution in [0.5, 0.6) is 0 Å². The highest BCUT2D eigenvalue weighted by molar-refractivity contribution is 7.85. The molecular weight excluding hydrogens is 196 g/mol. The van der Waals surface area contributed by atoms with Crippen LogP contribution in [-0.2, 0) is 4.79 Å². The van der Waals surface area contributed by atoms with Gasteiger partial charge < -0.3 is 5.32 Å². The number of thiol groups is 1. The zero-order valence-corrected chi connectivity index (χ0v) is 9.39. The van der Waals surface area contributed by atoms with Crippen molar-refractivity contribution in [1.29, 1.82) is 0 Å². The Labute approximate surface area is 90.3 Å². The minimum atomic E-state index is -0.0930. The molecule has 0 spiro atoms. The van der Waals surface area contributed by atoms with E-state index in [1.807, 2.05) is 0 Å². The minimum Gasteiger partial charge on any atom is -0.311 e. The van der Waals surface area contributed by atoms with E-state index in [2.05, 4.69) is 24.7 Å². The van der Waals surface area contributed by atoms with E-state index in [-0.39, 0.29) is 11.9 Å². The van der Waals surface area contributed by atoms with Crippen LogP contribution in [0.25, 0.3) is 0 Å². The van der Waals surface area contributed by atoms with E-state index in [0.29, 0.717) is 4.91 Å². The maximum Gasteiger partial charge on any atom is 0.424 e. The summed E-state index contributed by atoms with van der Waals surface area (Å²) in [6.45, 7) is 7.45. The molecule has 0 unspecified atom stereocenters. The Bertz CT molecular complexity index is 267. The molecule has 1 amide bonds. The number of piperidine rings is 1. The van der Waals surface area contributed by atoms with Crippen molar-refractivity contribution in [3.8, 4) is 0 Å². The SMILES string of the molecule is C=[N+](C(=O)/C(S)=C/C)[C@H]1CCCNC1. The van der Waals surface area contributed by atoms with Crippen LogP contribution in [-0.4, -0.2) is 36.3 Å². The molecule has 1 atom stereocenters. The molecule has 0 aromatic carbocycles. The molecule has 0 aliphatic carbocycles. The highest BCUT2D eigenvalue weighted by Crippen LogP contribution is 2.10. The third-order valence-electron chi connectivity index (χ3n) is 2.47. The van der Waals surface area contributed by atoms with E-state index >= 15 is 0 Å². The zero-order valence-electron chi connectivity index (χ0n) is 8.49. The molecule has 0 radical (unpaired) electrons. The van der Waals surface area contributed by atoms with E-state index in [9.17, 15) is 4.79 Å². The molecule has 1 aliphatic heterocycles. The summed E-state index contributed by atoms with van der Waals surface area (Å²) in [6, 6.07) is 0.207. The Kier molecular flexibility index (Phi) is 4.35. The molecule has 1 rings (SSSR count). The van der Waals surface area contributed by atoms with Crippen molar-refractivity contribution < 1.29 is 9.37 Å². The van der Waals surface area contributed by atoms with Crippen LogP contribution in [0.15, 0.2) is 11.0 Å². The smallest absolute Gasteiger partial charge is 0.311 e. The molecule has 1 saturated heterocycles. The largest absolute Gasteiger partial charge is 0.424 e. The van der Waals surface area contributed by atoms with Crippen LogP contribution in [0.3, 0.4) is 0 Å². The first kappa shape index (κ1) is 11.5. The van der Waals surface area contributed by atoms with Crippen LogP contribution >= 0.6 is 12.6 Å². The number of hydrogen-bond donors (Lipinski definition) is 2. The highest BCUT2D eigenvalue weighted by atomic mass is 32.1. The van der Waals surface area contributed by atoms with Gasteiger partial charge in [-0.3, -0.25) is 0 Å². The predicted molar refractivity (Wildman–Crippen MR) is 61.0 cm³/mol. The molecule has 1 N–H and O–H groups in total. The standard InChI is InChI=1S/C10H16N2OS/c1-3-9(14)10(13)12(2)8-5-4-6-11-7-8/h3,8,11H,2,4-7H2,1H3/p+1/b9-3-/t8-/m0/s1. The second kappa shape index (κ2) is 5.32. The second-order valence-corrected chi connectivity index (χ2v) is 3.93. The van der Waals surface area contributed by atoms with Gasteiger partial charge in [0.15, 0.2) is 6.04 Å². The number of nitrogens with one attached hydrogen (secondary N) is 1. The van der Waals surface area contributed by atoms with Gasteiger partial charge in [-0.15, -0.1) is 12.6 Å². The normalized spacial score (nSPS) is 23.3. The minimum absolute atomic E-state index is 0.0930. The lowest BCUT2D eigenvalue weighted by molar-refractivity contribution is -0.477. The summed E-state index contributed by atoms with van der Waals surface area (Å²) >= 11 is 4.09. The second-order valence-electron chi connectivity index (χ2n) is 3.45. The van der Waals surface area contributed by atoms with Crippen LogP contribution in [0.1, 0.15) is 19.8 Å². The first-order chi connectivity index (χ1) is 6.66. The maximum atomic E-state index is 11.7. The summed E-state index contributed by atoms with van der Waals surface area (Å²) in [6.07, 6.45) is 3.81.